The maximum atomic E-state index is 13.8. The van der Waals surface area contributed by atoms with Gasteiger partial charge in [0.05, 0.1) is 6.04 Å². The summed E-state index contributed by atoms with van der Waals surface area (Å²) in [5.41, 5.74) is 2.83. The van der Waals surface area contributed by atoms with Crippen molar-refractivity contribution in [2.45, 2.75) is 57.5 Å². The van der Waals surface area contributed by atoms with E-state index >= 15 is 0 Å². The molecule has 2 aliphatic heterocycles. The lowest BCUT2D eigenvalue weighted by atomic mass is 9.86. The van der Waals surface area contributed by atoms with Gasteiger partial charge in [0, 0.05) is 50.1 Å². The fourth-order valence-electron chi connectivity index (χ4n) is 5.57. The molecule has 0 spiro atoms. The molecule has 3 aromatic rings. The maximum Gasteiger partial charge on any atom is 0.426 e. The molecule has 202 valence electrons. The SMILES string of the molecule is CO[C@@](C)(C(=O)N1CCc2cc(-c3cnc4[nH]cc(C)c4c3)cc([C@@H]3CCCN3C(=O)O)c2C1)C(F)(F)F. The Labute approximate surface area is 217 Å². The molecule has 0 bridgehead atoms. The van der Waals surface area contributed by atoms with Gasteiger partial charge in [0.25, 0.3) is 5.91 Å². The minimum Gasteiger partial charge on any atom is -0.465 e. The van der Waals surface area contributed by atoms with Gasteiger partial charge in [0.1, 0.15) is 5.65 Å². The van der Waals surface area contributed by atoms with E-state index in [0.29, 0.717) is 36.9 Å². The summed E-state index contributed by atoms with van der Waals surface area (Å²) >= 11 is 0. The van der Waals surface area contributed by atoms with Crippen LogP contribution in [0.1, 0.15) is 48.1 Å². The number of aryl methyl sites for hydroxylation is 1. The third-order valence-electron chi connectivity index (χ3n) is 7.95. The molecule has 4 heterocycles. The Morgan fingerprint density at radius 3 is 2.63 bits per heavy atom. The number of aromatic nitrogens is 2. The number of halogens is 3. The van der Waals surface area contributed by atoms with Gasteiger partial charge in [-0.3, -0.25) is 4.79 Å². The molecule has 2 atom stereocenters. The van der Waals surface area contributed by atoms with Gasteiger partial charge >= 0.3 is 12.3 Å². The average molecular weight is 531 g/mol. The summed E-state index contributed by atoms with van der Waals surface area (Å²) in [6, 6.07) is 5.45. The molecule has 1 fully saturated rings. The number of rotatable bonds is 4. The highest BCUT2D eigenvalue weighted by Crippen LogP contribution is 2.41. The molecule has 8 nitrogen and oxygen atoms in total. The number of hydrogen-bond acceptors (Lipinski definition) is 4. The zero-order valence-corrected chi connectivity index (χ0v) is 21.4. The fraction of sp³-hybridized carbons (Fsp3) is 0.444. The minimum absolute atomic E-state index is 0.0586. The number of carboxylic acid groups (broad SMARTS) is 1. The number of carbonyl (C=O) groups is 2. The second-order valence-electron chi connectivity index (χ2n) is 10.1. The average Bonchev–Trinajstić information content (AvgIpc) is 3.53. The number of pyridine rings is 1. The van der Waals surface area contributed by atoms with E-state index in [4.69, 9.17) is 0 Å². The van der Waals surface area contributed by atoms with E-state index in [-0.39, 0.29) is 13.1 Å². The van der Waals surface area contributed by atoms with E-state index in [1.807, 2.05) is 31.3 Å². The third-order valence-corrected chi connectivity index (χ3v) is 7.95. The van der Waals surface area contributed by atoms with Gasteiger partial charge in [0.15, 0.2) is 0 Å². The predicted molar refractivity (Wildman–Crippen MR) is 134 cm³/mol. The molecule has 0 radical (unpaired) electrons. The van der Waals surface area contributed by atoms with Crippen molar-refractivity contribution in [1.29, 1.82) is 0 Å². The molecule has 11 heteroatoms. The summed E-state index contributed by atoms with van der Waals surface area (Å²) in [7, 11) is 0.876. The zero-order valence-electron chi connectivity index (χ0n) is 21.4. The van der Waals surface area contributed by atoms with Crippen LogP contribution in [0.5, 0.6) is 0 Å². The quantitative estimate of drug-likeness (QED) is 0.483. The normalized spacial score (nSPS) is 19.5. The summed E-state index contributed by atoms with van der Waals surface area (Å²) < 4.78 is 46.0. The molecule has 0 unspecified atom stereocenters. The second-order valence-corrected chi connectivity index (χ2v) is 10.1. The number of ether oxygens (including phenoxy) is 1. The monoisotopic (exact) mass is 530 g/mol. The number of aromatic amines is 1. The molecule has 2 N–H and O–H groups in total. The largest absolute Gasteiger partial charge is 0.465 e. The van der Waals surface area contributed by atoms with E-state index < -0.39 is 29.8 Å². The highest BCUT2D eigenvalue weighted by atomic mass is 19.4. The van der Waals surface area contributed by atoms with Crippen LogP contribution >= 0.6 is 0 Å². The molecule has 2 aliphatic rings. The first-order chi connectivity index (χ1) is 17.9. The van der Waals surface area contributed by atoms with Crippen LogP contribution in [0.3, 0.4) is 0 Å². The van der Waals surface area contributed by atoms with Gasteiger partial charge in [-0.25, -0.2) is 9.78 Å². The van der Waals surface area contributed by atoms with Crippen molar-refractivity contribution < 1.29 is 32.6 Å². The Bertz CT molecular complexity index is 1420. The van der Waals surface area contributed by atoms with Gasteiger partial charge in [-0.2, -0.15) is 13.2 Å². The van der Waals surface area contributed by atoms with Crippen molar-refractivity contribution in [3.8, 4) is 11.1 Å². The molecular weight excluding hydrogens is 501 g/mol. The number of hydrogen-bond donors (Lipinski definition) is 2. The second kappa shape index (κ2) is 9.30. The Morgan fingerprint density at radius 2 is 1.95 bits per heavy atom. The Morgan fingerprint density at radius 1 is 1.18 bits per heavy atom. The zero-order chi connectivity index (χ0) is 27.4. The number of methoxy groups -OCH3 is 1. The topological polar surface area (TPSA) is 98.8 Å². The molecule has 1 aromatic carbocycles. The molecule has 1 saturated heterocycles. The number of likely N-dealkylation sites (tertiary alicyclic amines) is 1. The van der Waals surface area contributed by atoms with Gasteiger partial charge in [0.2, 0.25) is 5.60 Å². The molecule has 0 aliphatic carbocycles. The number of amides is 2. The van der Waals surface area contributed by atoms with Crippen molar-refractivity contribution in [3.05, 3.63) is 52.8 Å². The summed E-state index contributed by atoms with van der Waals surface area (Å²) in [6.45, 7) is 3.12. The standard InChI is InChI=1S/C27H29F3N4O4/c1-15-12-31-23-19(15)11-18(13-32-23)17-9-16-6-8-33(24(35)26(2,38-3)27(28,29)30)14-21(16)20(10-17)22-5-4-7-34(22)25(36)37/h9-13,22H,4-8,14H2,1-3H3,(H,31,32)(H,36,37)/t22-,26-/m0/s1. The predicted octanol–water partition coefficient (Wildman–Crippen LogP) is 5.21. The first-order valence-corrected chi connectivity index (χ1v) is 12.4. The summed E-state index contributed by atoms with van der Waals surface area (Å²) in [6.07, 6.45) is -0.724. The number of alkyl halides is 3. The van der Waals surface area contributed by atoms with Crippen molar-refractivity contribution in [2.75, 3.05) is 20.2 Å². The number of nitrogens with one attached hydrogen (secondary N) is 1. The summed E-state index contributed by atoms with van der Waals surface area (Å²) in [5, 5.41) is 10.8. The Balaban J connectivity index is 1.60. The Hall–Kier alpha value is -3.60. The van der Waals surface area contributed by atoms with E-state index in [1.165, 1.54) is 9.80 Å². The van der Waals surface area contributed by atoms with Crippen molar-refractivity contribution in [3.63, 3.8) is 0 Å². The van der Waals surface area contributed by atoms with Gasteiger partial charge < -0.3 is 24.6 Å². The van der Waals surface area contributed by atoms with Crippen molar-refractivity contribution >= 4 is 23.0 Å². The van der Waals surface area contributed by atoms with Crippen LogP contribution in [0.4, 0.5) is 18.0 Å². The third kappa shape index (κ3) is 4.18. The van der Waals surface area contributed by atoms with E-state index in [0.717, 1.165) is 47.3 Å². The van der Waals surface area contributed by atoms with Crippen molar-refractivity contribution in [1.82, 2.24) is 19.8 Å². The van der Waals surface area contributed by atoms with Crippen LogP contribution in [0.25, 0.3) is 22.2 Å². The van der Waals surface area contributed by atoms with E-state index in [2.05, 4.69) is 14.7 Å². The lowest BCUT2D eigenvalue weighted by molar-refractivity contribution is -0.258. The maximum absolute atomic E-state index is 13.8. The van der Waals surface area contributed by atoms with Crippen LogP contribution in [0.2, 0.25) is 0 Å². The smallest absolute Gasteiger partial charge is 0.426 e. The number of nitrogens with zero attached hydrogens (tertiary/aromatic N) is 3. The summed E-state index contributed by atoms with van der Waals surface area (Å²) in [5.74, 6) is -1.16. The number of fused-ring (bicyclic) bond motifs is 2. The van der Waals surface area contributed by atoms with Crippen molar-refractivity contribution in [2.24, 2.45) is 0 Å². The Kier molecular flexibility index (Phi) is 6.37. The van der Waals surface area contributed by atoms with Gasteiger partial charge in [-0.05, 0) is 73.1 Å². The van der Waals surface area contributed by atoms with Crippen LogP contribution in [0.15, 0.2) is 30.6 Å². The van der Waals surface area contributed by atoms with Crippen LogP contribution in [-0.4, -0.2) is 68.9 Å². The van der Waals surface area contributed by atoms with E-state index in [1.54, 1.807) is 6.20 Å². The number of carbonyl (C=O) groups excluding carboxylic acids is 1. The molecule has 2 amide bonds. The molecular formula is C27H29F3N4O4. The lowest BCUT2D eigenvalue weighted by Crippen LogP contribution is -2.58. The van der Waals surface area contributed by atoms with Crippen LogP contribution < -0.4 is 0 Å². The highest BCUT2D eigenvalue weighted by Gasteiger charge is 2.59. The molecule has 0 saturated carbocycles. The molecule has 5 rings (SSSR count). The first kappa shape index (κ1) is 26.0. The fourth-order valence-corrected chi connectivity index (χ4v) is 5.57. The van der Waals surface area contributed by atoms with E-state index in [9.17, 15) is 27.9 Å². The number of H-pyrrole nitrogens is 1. The lowest BCUT2D eigenvalue weighted by Gasteiger charge is -2.38. The highest BCUT2D eigenvalue weighted by molar-refractivity contribution is 5.87. The van der Waals surface area contributed by atoms with Crippen LogP contribution in [-0.2, 0) is 22.5 Å². The molecule has 2 aromatic heterocycles. The summed E-state index contributed by atoms with van der Waals surface area (Å²) in [4.78, 5) is 35.3. The number of benzene rings is 1. The van der Waals surface area contributed by atoms with Gasteiger partial charge in [-0.1, -0.05) is 6.07 Å². The first-order valence-electron chi connectivity index (χ1n) is 12.4. The minimum atomic E-state index is -4.89. The van der Waals surface area contributed by atoms with Crippen LogP contribution in [0, 0.1) is 6.92 Å². The molecule has 38 heavy (non-hydrogen) atoms. The van der Waals surface area contributed by atoms with Gasteiger partial charge in [-0.15, -0.1) is 0 Å².